The molecule has 0 saturated heterocycles. The Labute approximate surface area is 118 Å². The van der Waals surface area contributed by atoms with Gasteiger partial charge < -0.3 is 15.1 Å². The molecule has 2 rings (SSSR count). The van der Waals surface area contributed by atoms with Gasteiger partial charge in [0.05, 0.1) is 0 Å². The van der Waals surface area contributed by atoms with Crippen molar-refractivity contribution in [1.29, 1.82) is 0 Å². The van der Waals surface area contributed by atoms with Crippen LogP contribution in [0.1, 0.15) is 33.1 Å². The van der Waals surface area contributed by atoms with Crippen molar-refractivity contribution in [3.63, 3.8) is 0 Å². The van der Waals surface area contributed by atoms with E-state index >= 15 is 0 Å². The third-order valence-electron chi connectivity index (χ3n) is 2.79. The third-order valence-corrected chi connectivity index (χ3v) is 2.79. The van der Waals surface area contributed by atoms with Gasteiger partial charge in [0.25, 0.3) is 0 Å². The number of carbonyl (C=O) groups excluding carboxylic acids is 1. The zero-order valence-corrected chi connectivity index (χ0v) is 12.4. The van der Waals surface area contributed by atoms with Crippen LogP contribution in [-0.4, -0.2) is 23.0 Å². The molecule has 0 aliphatic heterocycles. The molecule has 1 amide bonds. The Morgan fingerprint density at radius 2 is 2.10 bits per heavy atom. The van der Waals surface area contributed by atoms with Crippen molar-refractivity contribution in [1.82, 2.24) is 10.3 Å². The maximum absolute atomic E-state index is 11.8. The predicted molar refractivity (Wildman–Crippen MR) is 79.7 cm³/mol. The monoisotopic (exact) mass is 275 g/mol. The van der Waals surface area contributed by atoms with Gasteiger partial charge in [-0.25, -0.2) is 4.98 Å². The molecule has 0 spiro atoms. The summed E-state index contributed by atoms with van der Waals surface area (Å²) in [6.07, 6.45) is 0.438. The maximum atomic E-state index is 11.8. The number of nitrogens with zero attached hydrogens (tertiary/aromatic N) is 1. The summed E-state index contributed by atoms with van der Waals surface area (Å²) in [5, 5.41) is 6.15. The van der Waals surface area contributed by atoms with E-state index in [0.717, 1.165) is 16.8 Å². The van der Waals surface area contributed by atoms with Gasteiger partial charge in [-0.05, 0) is 39.0 Å². The number of aromatic nitrogens is 1. The van der Waals surface area contributed by atoms with Crippen molar-refractivity contribution in [2.24, 2.45) is 0 Å². The van der Waals surface area contributed by atoms with Crippen LogP contribution in [0, 0.1) is 6.92 Å². The van der Waals surface area contributed by atoms with E-state index < -0.39 is 0 Å². The number of benzene rings is 1. The summed E-state index contributed by atoms with van der Waals surface area (Å²) in [4.78, 5) is 16.1. The van der Waals surface area contributed by atoms with E-state index in [-0.39, 0.29) is 11.4 Å². The zero-order chi connectivity index (χ0) is 14.8. The normalized spacial score (nSPS) is 11.8. The number of fused-ring (bicyclic) bond motifs is 1. The van der Waals surface area contributed by atoms with Crippen molar-refractivity contribution in [2.75, 3.05) is 11.9 Å². The van der Waals surface area contributed by atoms with Gasteiger partial charge in [-0.1, -0.05) is 0 Å². The highest BCUT2D eigenvalue weighted by atomic mass is 16.3. The number of oxazole rings is 1. The molecule has 5 nitrogen and oxygen atoms in total. The number of rotatable bonds is 4. The van der Waals surface area contributed by atoms with Gasteiger partial charge in [-0.15, -0.1) is 0 Å². The third kappa shape index (κ3) is 4.06. The van der Waals surface area contributed by atoms with Crippen LogP contribution in [0.5, 0.6) is 0 Å². The summed E-state index contributed by atoms with van der Waals surface area (Å²) >= 11 is 0. The summed E-state index contributed by atoms with van der Waals surface area (Å²) in [6.45, 7) is 8.68. The number of hydrogen-bond donors (Lipinski definition) is 2. The van der Waals surface area contributed by atoms with Gasteiger partial charge in [-0.2, -0.15) is 0 Å². The highest BCUT2D eigenvalue weighted by Crippen LogP contribution is 2.19. The van der Waals surface area contributed by atoms with Crippen molar-refractivity contribution in [3.05, 3.63) is 24.1 Å². The largest absolute Gasteiger partial charge is 0.441 e. The topological polar surface area (TPSA) is 67.2 Å². The van der Waals surface area contributed by atoms with Gasteiger partial charge >= 0.3 is 0 Å². The average molecular weight is 275 g/mol. The lowest BCUT2D eigenvalue weighted by Gasteiger charge is -2.20. The molecule has 0 saturated carbocycles. The minimum absolute atomic E-state index is 0.0127. The van der Waals surface area contributed by atoms with E-state index in [4.69, 9.17) is 4.42 Å². The second kappa shape index (κ2) is 5.63. The minimum Gasteiger partial charge on any atom is -0.441 e. The molecule has 2 aromatic rings. The number of carbonyl (C=O) groups is 1. The summed E-state index contributed by atoms with van der Waals surface area (Å²) in [5.74, 6) is 0.610. The predicted octanol–water partition coefficient (Wildman–Crippen LogP) is 2.85. The number of amides is 1. The lowest BCUT2D eigenvalue weighted by molar-refractivity contribution is -0.116. The van der Waals surface area contributed by atoms with Crippen LogP contribution < -0.4 is 10.6 Å². The number of aryl methyl sites for hydroxylation is 1. The maximum Gasteiger partial charge on any atom is 0.225 e. The summed E-state index contributed by atoms with van der Waals surface area (Å²) < 4.78 is 5.40. The molecule has 0 unspecified atom stereocenters. The van der Waals surface area contributed by atoms with Crippen LogP contribution >= 0.6 is 0 Å². The molecule has 0 atom stereocenters. The first-order valence-corrected chi connectivity index (χ1v) is 6.75. The van der Waals surface area contributed by atoms with Crippen LogP contribution in [0.4, 0.5) is 5.69 Å². The quantitative estimate of drug-likeness (QED) is 0.900. The molecule has 1 aromatic heterocycles. The minimum atomic E-state index is -0.0127. The van der Waals surface area contributed by atoms with Crippen LogP contribution in [0.25, 0.3) is 11.1 Å². The first kappa shape index (κ1) is 14.5. The Morgan fingerprint density at radius 3 is 2.80 bits per heavy atom. The number of hydrogen-bond acceptors (Lipinski definition) is 4. The molecule has 0 fully saturated rings. The first-order chi connectivity index (χ1) is 9.33. The van der Waals surface area contributed by atoms with E-state index in [0.29, 0.717) is 18.9 Å². The van der Waals surface area contributed by atoms with Gasteiger partial charge in [0.2, 0.25) is 5.91 Å². The van der Waals surface area contributed by atoms with Crippen molar-refractivity contribution in [2.45, 2.75) is 39.7 Å². The molecule has 20 heavy (non-hydrogen) atoms. The lowest BCUT2D eigenvalue weighted by Crippen LogP contribution is -2.37. The number of nitrogens with one attached hydrogen (secondary N) is 2. The summed E-state index contributed by atoms with van der Waals surface area (Å²) in [5.41, 5.74) is 2.26. The van der Waals surface area contributed by atoms with Crippen LogP contribution in [-0.2, 0) is 4.79 Å². The van der Waals surface area contributed by atoms with Gasteiger partial charge in [-0.3, -0.25) is 4.79 Å². The Morgan fingerprint density at radius 1 is 1.35 bits per heavy atom. The fourth-order valence-electron chi connectivity index (χ4n) is 1.89. The Kier molecular flexibility index (Phi) is 4.09. The van der Waals surface area contributed by atoms with Crippen molar-refractivity contribution in [3.8, 4) is 0 Å². The van der Waals surface area contributed by atoms with E-state index in [1.165, 1.54) is 0 Å². The van der Waals surface area contributed by atoms with Crippen LogP contribution in [0.2, 0.25) is 0 Å². The standard InChI is InChI=1S/C15H21N3O2/c1-10-17-12-9-11(5-6-13(12)20-10)18-14(19)7-8-16-15(2,3)4/h5-6,9,16H,7-8H2,1-4H3,(H,18,19). The van der Waals surface area contributed by atoms with Crippen molar-refractivity contribution >= 4 is 22.7 Å². The molecule has 0 aliphatic rings. The Hall–Kier alpha value is -1.88. The van der Waals surface area contributed by atoms with Gasteiger partial charge in [0.15, 0.2) is 11.5 Å². The molecule has 1 aromatic carbocycles. The molecule has 2 N–H and O–H groups in total. The van der Waals surface area contributed by atoms with E-state index in [1.807, 2.05) is 18.2 Å². The highest BCUT2D eigenvalue weighted by Gasteiger charge is 2.10. The van der Waals surface area contributed by atoms with E-state index in [2.05, 4.69) is 36.4 Å². The van der Waals surface area contributed by atoms with Crippen LogP contribution in [0.15, 0.2) is 22.6 Å². The zero-order valence-electron chi connectivity index (χ0n) is 12.4. The highest BCUT2D eigenvalue weighted by molar-refractivity contribution is 5.92. The molecule has 1 heterocycles. The van der Waals surface area contributed by atoms with Crippen molar-refractivity contribution < 1.29 is 9.21 Å². The molecule has 5 heteroatoms. The SMILES string of the molecule is Cc1nc2cc(NC(=O)CCNC(C)(C)C)ccc2o1. The molecular formula is C15H21N3O2. The fourth-order valence-corrected chi connectivity index (χ4v) is 1.89. The van der Waals surface area contributed by atoms with Gasteiger partial charge in [0, 0.05) is 31.1 Å². The lowest BCUT2D eigenvalue weighted by atomic mass is 10.1. The summed E-state index contributed by atoms with van der Waals surface area (Å²) in [7, 11) is 0. The van der Waals surface area contributed by atoms with E-state index in [9.17, 15) is 4.79 Å². The number of anilines is 1. The molecular weight excluding hydrogens is 254 g/mol. The molecule has 0 aliphatic carbocycles. The first-order valence-electron chi connectivity index (χ1n) is 6.75. The Bertz CT molecular complexity index is 611. The Balaban J connectivity index is 1.92. The fraction of sp³-hybridized carbons (Fsp3) is 0.467. The second-order valence-corrected chi connectivity index (χ2v) is 5.89. The molecule has 0 bridgehead atoms. The van der Waals surface area contributed by atoms with Crippen LogP contribution in [0.3, 0.4) is 0 Å². The molecule has 0 radical (unpaired) electrons. The molecule has 108 valence electrons. The smallest absolute Gasteiger partial charge is 0.225 e. The second-order valence-electron chi connectivity index (χ2n) is 5.89. The van der Waals surface area contributed by atoms with E-state index in [1.54, 1.807) is 6.92 Å². The van der Waals surface area contributed by atoms with Gasteiger partial charge in [0.1, 0.15) is 5.52 Å². The average Bonchev–Trinajstić information content (AvgIpc) is 2.66. The summed E-state index contributed by atoms with van der Waals surface area (Å²) in [6, 6.07) is 5.46.